The predicted molar refractivity (Wildman–Crippen MR) is 45.3 cm³/mol. The Labute approximate surface area is 71.9 Å². The van der Waals surface area contributed by atoms with Gasteiger partial charge in [-0.3, -0.25) is 4.79 Å². The van der Waals surface area contributed by atoms with Crippen molar-refractivity contribution in [1.29, 1.82) is 0 Å². The second-order valence-corrected chi connectivity index (χ2v) is 3.30. The van der Waals surface area contributed by atoms with Crippen molar-refractivity contribution in [3.05, 3.63) is 23.2 Å². The zero-order chi connectivity index (χ0) is 8.55. The number of ether oxygens (including phenoxy) is 1. The van der Waals surface area contributed by atoms with Crippen LogP contribution in [0.2, 0.25) is 0 Å². The minimum absolute atomic E-state index is 0.278. The fraction of sp³-hybridized carbons (Fsp3) is 0.500. The highest BCUT2D eigenvalue weighted by atomic mass is 16.5. The molecule has 2 nitrogen and oxygen atoms in total. The molecule has 0 fully saturated rings. The lowest BCUT2D eigenvalue weighted by Gasteiger charge is -2.22. The smallest absolute Gasteiger partial charge is 0.162 e. The lowest BCUT2D eigenvalue weighted by Crippen LogP contribution is -2.15. The standard InChI is InChI=1S/C10H12O2/c1-7-5-6-8-9(11)3-2-4-10(8)12-7/h5H,2-4,6H2,1H3. The van der Waals surface area contributed by atoms with E-state index >= 15 is 0 Å². The van der Waals surface area contributed by atoms with Gasteiger partial charge in [-0.2, -0.15) is 0 Å². The zero-order valence-electron chi connectivity index (χ0n) is 7.22. The first kappa shape index (κ1) is 7.59. The van der Waals surface area contributed by atoms with Gasteiger partial charge in [0.1, 0.15) is 5.76 Å². The summed E-state index contributed by atoms with van der Waals surface area (Å²) < 4.78 is 5.48. The average molecular weight is 164 g/mol. The minimum Gasteiger partial charge on any atom is -0.466 e. The minimum atomic E-state index is 0.278. The van der Waals surface area contributed by atoms with Gasteiger partial charge in [-0.25, -0.2) is 0 Å². The summed E-state index contributed by atoms with van der Waals surface area (Å²) in [5.41, 5.74) is 0.909. The fourth-order valence-electron chi connectivity index (χ4n) is 1.69. The first-order valence-corrected chi connectivity index (χ1v) is 4.37. The maximum Gasteiger partial charge on any atom is 0.162 e. The quantitative estimate of drug-likeness (QED) is 0.549. The van der Waals surface area contributed by atoms with Crippen LogP contribution in [0.15, 0.2) is 23.2 Å². The fourth-order valence-corrected chi connectivity index (χ4v) is 1.69. The number of rotatable bonds is 0. The number of Topliss-reactive ketones (excluding diaryl/α,β-unsaturated/α-hetero) is 1. The van der Waals surface area contributed by atoms with Crippen molar-refractivity contribution in [2.75, 3.05) is 0 Å². The van der Waals surface area contributed by atoms with Crippen molar-refractivity contribution < 1.29 is 9.53 Å². The zero-order valence-corrected chi connectivity index (χ0v) is 7.22. The summed E-state index contributed by atoms with van der Waals surface area (Å²) >= 11 is 0. The average Bonchev–Trinajstić information content (AvgIpc) is 2.04. The third-order valence-corrected chi connectivity index (χ3v) is 2.36. The Bertz CT molecular complexity index is 284. The lowest BCUT2D eigenvalue weighted by atomic mass is 9.92. The van der Waals surface area contributed by atoms with Crippen LogP contribution in [-0.2, 0) is 9.53 Å². The van der Waals surface area contributed by atoms with Crippen LogP contribution in [0.25, 0.3) is 0 Å². The van der Waals surface area contributed by atoms with E-state index in [1.165, 1.54) is 0 Å². The molecule has 0 bridgehead atoms. The van der Waals surface area contributed by atoms with Gasteiger partial charge in [0, 0.05) is 24.8 Å². The summed E-state index contributed by atoms with van der Waals surface area (Å²) in [6.45, 7) is 1.93. The van der Waals surface area contributed by atoms with Crippen LogP contribution in [0.4, 0.5) is 0 Å². The summed E-state index contributed by atoms with van der Waals surface area (Å²) in [5.74, 6) is 2.13. The van der Waals surface area contributed by atoms with Crippen molar-refractivity contribution in [3.8, 4) is 0 Å². The maximum absolute atomic E-state index is 11.4. The van der Waals surface area contributed by atoms with Crippen LogP contribution in [0.1, 0.15) is 32.6 Å². The van der Waals surface area contributed by atoms with Crippen LogP contribution < -0.4 is 0 Å². The van der Waals surface area contributed by atoms with Crippen molar-refractivity contribution in [3.63, 3.8) is 0 Å². The molecular weight excluding hydrogens is 152 g/mol. The van der Waals surface area contributed by atoms with E-state index in [0.717, 1.165) is 36.4 Å². The van der Waals surface area contributed by atoms with E-state index in [1.54, 1.807) is 0 Å². The van der Waals surface area contributed by atoms with Gasteiger partial charge in [0.15, 0.2) is 5.78 Å². The number of carbonyl (C=O) groups is 1. The molecule has 2 rings (SSSR count). The molecule has 2 aliphatic rings. The highest BCUT2D eigenvalue weighted by Gasteiger charge is 2.23. The van der Waals surface area contributed by atoms with Gasteiger partial charge in [-0.1, -0.05) is 0 Å². The summed E-state index contributed by atoms with van der Waals surface area (Å²) in [5, 5.41) is 0. The Balaban J connectivity index is 2.27. The van der Waals surface area contributed by atoms with Crippen LogP contribution in [0.5, 0.6) is 0 Å². The number of ketones is 1. The Morgan fingerprint density at radius 2 is 2.25 bits per heavy atom. The first-order chi connectivity index (χ1) is 5.77. The molecule has 0 aromatic rings. The number of hydrogen-bond acceptors (Lipinski definition) is 2. The molecule has 0 amide bonds. The molecule has 1 heterocycles. The molecule has 1 aliphatic heterocycles. The second-order valence-electron chi connectivity index (χ2n) is 3.30. The number of allylic oxidation sites excluding steroid dienone is 4. The largest absolute Gasteiger partial charge is 0.466 e. The number of hydrogen-bond donors (Lipinski definition) is 0. The third-order valence-electron chi connectivity index (χ3n) is 2.36. The molecule has 64 valence electrons. The monoisotopic (exact) mass is 164 g/mol. The van der Waals surface area contributed by atoms with Gasteiger partial charge < -0.3 is 4.74 Å². The first-order valence-electron chi connectivity index (χ1n) is 4.37. The van der Waals surface area contributed by atoms with Gasteiger partial charge in [-0.15, -0.1) is 0 Å². The molecule has 0 unspecified atom stereocenters. The van der Waals surface area contributed by atoms with Crippen LogP contribution >= 0.6 is 0 Å². The van der Waals surface area contributed by atoms with E-state index in [0.29, 0.717) is 6.42 Å². The SMILES string of the molecule is CC1=CCC2=C(CCCC2=O)O1. The normalized spacial score (nSPS) is 23.1. The van der Waals surface area contributed by atoms with Gasteiger partial charge in [0.2, 0.25) is 0 Å². The van der Waals surface area contributed by atoms with E-state index in [1.807, 2.05) is 13.0 Å². The topological polar surface area (TPSA) is 26.3 Å². The van der Waals surface area contributed by atoms with Crippen LogP contribution in [-0.4, -0.2) is 5.78 Å². The Kier molecular flexibility index (Phi) is 1.75. The highest BCUT2D eigenvalue weighted by molar-refractivity contribution is 5.97. The van der Waals surface area contributed by atoms with E-state index in [9.17, 15) is 4.79 Å². The molecule has 0 aromatic heterocycles. The third kappa shape index (κ3) is 1.17. The maximum atomic E-state index is 11.4. The summed E-state index contributed by atoms with van der Waals surface area (Å²) in [6.07, 6.45) is 5.34. The molecule has 2 heteroatoms. The molecule has 0 saturated carbocycles. The van der Waals surface area contributed by atoms with Crippen molar-refractivity contribution >= 4 is 5.78 Å². The van der Waals surface area contributed by atoms with Gasteiger partial charge >= 0.3 is 0 Å². The van der Waals surface area contributed by atoms with Gasteiger partial charge in [0.25, 0.3) is 0 Å². The second kappa shape index (κ2) is 2.77. The molecule has 0 N–H and O–H groups in total. The molecule has 0 aromatic carbocycles. The predicted octanol–water partition coefficient (Wildman–Crippen LogP) is 2.32. The molecule has 12 heavy (non-hydrogen) atoms. The molecule has 0 saturated heterocycles. The van der Waals surface area contributed by atoms with Crippen molar-refractivity contribution in [2.45, 2.75) is 32.6 Å². The Hall–Kier alpha value is -1.05. The van der Waals surface area contributed by atoms with Gasteiger partial charge in [-0.05, 0) is 19.4 Å². The summed E-state index contributed by atoms with van der Waals surface area (Å²) in [7, 11) is 0. The van der Waals surface area contributed by atoms with E-state index in [-0.39, 0.29) is 5.78 Å². The number of carbonyl (C=O) groups excluding carboxylic acids is 1. The molecule has 0 atom stereocenters. The summed E-state index contributed by atoms with van der Waals surface area (Å²) in [6, 6.07) is 0. The molecule has 0 radical (unpaired) electrons. The van der Waals surface area contributed by atoms with E-state index < -0.39 is 0 Å². The van der Waals surface area contributed by atoms with Gasteiger partial charge in [0.05, 0.1) is 5.76 Å². The van der Waals surface area contributed by atoms with Crippen LogP contribution in [0.3, 0.4) is 0 Å². The molecular formula is C10H12O2. The summed E-state index contributed by atoms with van der Waals surface area (Å²) in [4.78, 5) is 11.4. The lowest BCUT2D eigenvalue weighted by molar-refractivity contribution is -0.116. The Morgan fingerprint density at radius 3 is 3.08 bits per heavy atom. The highest BCUT2D eigenvalue weighted by Crippen LogP contribution is 2.30. The van der Waals surface area contributed by atoms with Crippen molar-refractivity contribution in [2.24, 2.45) is 0 Å². The van der Waals surface area contributed by atoms with Crippen molar-refractivity contribution in [1.82, 2.24) is 0 Å². The van der Waals surface area contributed by atoms with Crippen LogP contribution in [0, 0.1) is 0 Å². The molecule has 1 aliphatic carbocycles. The Morgan fingerprint density at radius 1 is 1.42 bits per heavy atom. The molecule has 0 spiro atoms. The van der Waals surface area contributed by atoms with E-state index in [2.05, 4.69) is 0 Å². The van der Waals surface area contributed by atoms with E-state index in [4.69, 9.17) is 4.74 Å².